The van der Waals surface area contributed by atoms with E-state index in [9.17, 15) is 0 Å². The molecular weight excluding hydrogens is 336 g/mol. The molecule has 9 unspecified atom stereocenters. The third kappa shape index (κ3) is 3.24. The maximum absolute atomic E-state index is 2.86. The average Bonchev–Trinajstić information content (AvgIpc) is 2.79. The number of fused-ring (bicyclic) bond motifs is 4. The molecule has 0 aliphatic heterocycles. The highest BCUT2D eigenvalue weighted by atomic mass is 14.6. The second kappa shape index (κ2) is 7.46. The maximum Gasteiger partial charge on any atom is -0.0174 e. The fourth-order valence-electron chi connectivity index (χ4n) is 9.44. The first-order valence-electron chi connectivity index (χ1n) is 12.9. The van der Waals surface area contributed by atoms with Crippen LogP contribution in [0.3, 0.4) is 0 Å². The van der Waals surface area contributed by atoms with Gasteiger partial charge < -0.3 is 0 Å². The Bertz CT molecular complexity index is 597. The summed E-state index contributed by atoms with van der Waals surface area (Å²) >= 11 is 0. The van der Waals surface area contributed by atoms with Gasteiger partial charge in [-0.1, -0.05) is 73.0 Å². The summed E-state index contributed by atoms with van der Waals surface area (Å²) in [6.07, 6.45) is 15.9. The molecule has 4 rings (SSSR count). The van der Waals surface area contributed by atoms with Crippen LogP contribution >= 0.6 is 0 Å². The lowest BCUT2D eigenvalue weighted by molar-refractivity contribution is -0.0451. The minimum Gasteiger partial charge on any atom is -0.0816 e. The van der Waals surface area contributed by atoms with Crippen LogP contribution in [0, 0.1) is 58.2 Å². The van der Waals surface area contributed by atoms with Crippen LogP contribution in [0.5, 0.6) is 0 Å². The summed E-state index contributed by atoms with van der Waals surface area (Å²) in [6, 6.07) is 0. The van der Waals surface area contributed by atoms with Crippen LogP contribution in [0.4, 0.5) is 0 Å². The SMILES string of the molecule is CCCC(C)(C)C1CCC2(C)C(CC3C=C4CCC(C)CCC4C(C)C32)C1C. The van der Waals surface area contributed by atoms with E-state index in [1.165, 1.54) is 57.8 Å². The second-order valence-electron chi connectivity index (χ2n) is 12.7. The van der Waals surface area contributed by atoms with E-state index in [0.29, 0.717) is 10.8 Å². The summed E-state index contributed by atoms with van der Waals surface area (Å²) in [5.74, 6) is 7.40. The number of hydrogen-bond acceptors (Lipinski definition) is 0. The molecule has 0 spiro atoms. The van der Waals surface area contributed by atoms with Gasteiger partial charge in [0.15, 0.2) is 0 Å². The number of rotatable bonds is 3. The number of allylic oxidation sites excluding steroid dienone is 2. The average molecular weight is 385 g/mol. The molecule has 0 heteroatoms. The van der Waals surface area contributed by atoms with Crippen LogP contribution in [0.25, 0.3) is 0 Å². The van der Waals surface area contributed by atoms with E-state index >= 15 is 0 Å². The van der Waals surface area contributed by atoms with Crippen LogP contribution in [0.1, 0.15) is 106 Å². The van der Waals surface area contributed by atoms with Gasteiger partial charge in [-0.2, -0.15) is 0 Å². The van der Waals surface area contributed by atoms with Crippen molar-refractivity contribution in [1.29, 1.82) is 0 Å². The minimum absolute atomic E-state index is 0.523. The molecule has 0 radical (unpaired) electrons. The normalized spacial score (nSPS) is 48.9. The Hall–Kier alpha value is -0.260. The highest BCUT2D eigenvalue weighted by Gasteiger charge is 2.60. The molecule has 3 fully saturated rings. The first kappa shape index (κ1) is 21.0. The molecule has 0 N–H and O–H groups in total. The van der Waals surface area contributed by atoms with E-state index in [2.05, 4.69) is 54.5 Å². The van der Waals surface area contributed by atoms with Crippen molar-refractivity contribution in [2.45, 2.75) is 106 Å². The van der Waals surface area contributed by atoms with E-state index in [-0.39, 0.29) is 0 Å². The van der Waals surface area contributed by atoms with Crippen molar-refractivity contribution >= 4 is 0 Å². The Morgan fingerprint density at radius 1 is 1.04 bits per heavy atom. The Morgan fingerprint density at radius 2 is 1.79 bits per heavy atom. The van der Waals surface area contributed by atoms with Crippen molar-refractivity contribution in [2.24, 2.45) is 58.2 Å². The van der Waals surface area contributed by atoms with Crippen LogP contribution in [-0.2, 0) is 0 Å². The molecule has 0 aromatic rings. The van der Waals surface area contributed by atoms with Gasteiger partial charge in [0.1, 0.15) is 0 Å². The van der Waals surface area contributed by atoms with E-state index < -0.39 is 0 Å². The molecular formula is C28H48. The highest BCUT2D eigenvalue weighted by Crippen LogP contribution is 2.67. The molecule has 0 aromatic carbocycles. The molecule has 0 heterocycles. The fraction of sp³-hybridized carbons (Fsp3) is 0.929. The molecule has 0 saturated heterocycles. The van der Waals surface area contributed by atoms with Crippen molar-refractivity contribution in [3.8, 4) is 0 Å². The molecule has 0 bridgehead atoms. The lowest BCUT2D eigenvalue weighted by atomic mass is 9.51. The van der Waals surface area contributed by atoms with E-state index in [0.717, 1.165) is 47.3 Å². The van der Waals surface area contributed by atoms with E-state index in [1.54, 1.807) is 0 Å². The molecule has 28 heavy (non-hydrogen) atoms. The third-order valence-electron chi connectivity index (χ3n) is 10.8. The maximum atomic E-state index is 2.86. The van der Waals surface area contributed by atoms with Crippen molar-refractivity contribution < 1.29 is 0 Å². The predicted octanol–water partition coefficient (Wildman–Crippen LogP) is 8.52. The Balaban J connectivity index is 1.61. The second-order valence-corrected chi connectivity index (χ2v) is 12.7. The first-order valence-corrected chi connectivity index (χ1v) is 12.9. The van der Waals surface area contributed by atoms with Gasteiger partial charge in [-0.15, -0.1) is 0 Å². The van der Waals surface area contributed by atoms with Crippen molar-refractivity contribution in [3.05, 3.63) is 11.6 Å². The van der Waals surface area contributed by atoms with Crippen LogP contribution in [0.15, 0.2) is 11.6 Å². The van der Waals surface area contributed by atoms with Crippen molar-refractivity contribution in [1.82, 2.24) is 0 Å². The number of hydrogen-bond donors (Lipinski definition) is 0. The van der Waals surface area contributed by atoms with Gasteiger partial charge in [-0.3, -0.25) is 0 Å². The molecule has 0 amide bonds. The van der Waals surface area contributed by atoms with Gasteiger partial charge in [-0.25, -0.2) is 0 Å². The first-order chi connectivity index (χ1) is 13.2. The Kier molecular flexibility index (Phi) is 5.59. The molecule has 9 atom stereocenters. The largest absolute Gasteiger partial charge is 0.0816 e. The van der Waals surface area contributed by atoms with Gasteiger partial charge in [0.2, 0.25) is 0 Å². The molecule has 0 nitrogen and oxygen atoms in total. The van der Waals surface area contributed by atoms with E-state index in [4.69, 9.17) is 0 Å². The van der Waals surface area contributed by atoms with Crippen LogP contribution in [0.2, 0.25) is 0 Å². The lowest BCUT2D eigenvalue weighted by Crippen LogP contribution is -2.47. The predicted molar refractivity (Wildman–Crippen MR) is 122 cm³/mol. The molecule has 160 valence electrons. The van der Waals surface area contributed by atoms with Crippen molar-refractivity contribution in [3.63, 3.8) is 0 Å². The molecule has 4 aliphatic carbocycles. The van der Waals surface area contributed by atoms with Gasteiger partial charge in [0.25, 0.3) is 0 Å². The topological polar surface area (TPSA) is 0 Å². The Morgan fingerprint density at radius 3 is 2.50 bits per heavy atom. The zero-order valence-electron chi connectivity index (χ0n) is 20.1. The van der Waals surface area contributed by atoms with Crippen LogP contribution in [-0.4, -0.2) is 0 Å². The van der Waals surface area contributed by atoms with Gasteiger partial charge in [0.05, 0.1) is 0 Å². The van der Waals surface area contributed by atoms with Gasteiger partial charge >= 0.3 is 0 Å². The summed E-state index contributed by atoms with van der Waals surface area (Å²) in [4.78, 5) is 0. The molecule has 4 aliphatic rings. The van der Waals surface area contributed by atoms with Crippen molar-refractivity contribution in [2.75, 3.05) is 0 Å². The summed E-state index contributed by atoms with van der Waals surface area (Å²) in [6.45, 7) is 18.1. The highest BCUT2D eigenvalue weighted by molar-refractivity contribution is 5.23. The smallest absolute Gasteiger partial charge is 0.0174 e. The zero-order chi connectivity index (χ0) is 20.3. The van der Waals surface area contributed by atoms with E-state index in [1.807, 2.05) is 5.57 Å². The summed E-state index contributed by atoms with van der Waals surface area (Å²) < 4.78 is 0. The summed E-state index contributed by atoms with van der Waals surface area (Å²) in [5.41, 5.74) is 3.01. The quantitative estimate of drug-likeness (QED) is 0.428. The molecule has 0 aromatic heterocycles. The molecule has 3 saturated carbocycles. The minimum atomic E-state index is 0.523. The lowest BCUT2D eigenvalue weighted by Gasteiger charge is -2.54. The standard InChI is InChI=1S/C28H48/c1-8-14-27(5,6)24-13-15-28(7)25(20(24)4)17-22-16-21-11-9-18(2)10-12-23(21)19(3)26(22)28/h16,18-20,22-26H,8-15,17H2,1-7H3. The third-order valence-corrected chi connectivity index (χ3v) is 10.8. The summed E-state index contributed by atoms with van der Waals surface area (Å²) in [7, 11) is 0. The monoisotopic (exact) mass is 384 g/mol. The zero-order valence-corrected chi connectivity index (χ0v) is 20.1. The van der Waals surface area contributed by atoms with Crippen LogP contribution < -0.4 is 0 Å². The fourth-order valence-corrected chi connectivity index (χ4v) is 9.44. The van der Waals surface area contributed by atoms with Gasteiger partial charge in [-0.05, 0) is 103 Å². The summed E-state index contributed by atoms with van der Waals surface area (Å²) in [5, 5.41) is 0. The Labute approximate surface area is 176 Å². The van der Waals surface area contributed by atoms with Gasteiger partial charge in [0, 0.05) is 0 Å².